The van der Waals surface area contributed by atoms with Gasteiger partial charge in [0, 0.05) is 56.5 Å². The first-order valence-corrected chi connectivity index (χ1v) is 31.0. The van der Waals surface area contributed by atoms with Crippen LogP contribution in [0.4, 0.5) is 0 Å². The van der Waals surface area contributed by atoms with Gasteiger partial charge in [-0.2, -0.15) is 12.6 Å². The molecule has 12 atom stereocenters. The number of aliphatic imine (C=N–C) groups is 1. The van der Waals surface area contributed by atoms with Crippen LogP contribution in [0.2, 0.25) is 0 Å². The molecule has 2 heterocycles. The quantitative estimate of drug-likeness (QED) is 0.0196. The standard InChI is InChI=1S/C62H94N10O15S/c1-33(2)26-40(12-9-23-65-62(63)64)55(81)66-45(27-38-15-19-42(76)20-16-38)51(79)30-44(36(7)74)56(82)68-47(31-73)50(78)29-41(32-88)60(86)72-25-11-14-49(72)61(87)71-24-10-13-48(71)58(84)67-46(28-39-17-21-43(77)22-18-39)57(83)70-53(37(8)75)59(85)69-52(34(3)4)54(80)35(5)6/h15-22,33-37,40-41,44-49,52-53,73-77,88H,9-14,23-32H2,1-8H3,(H,66,81)(H,67,84)(H,68,82)(H,69,85)(H,70,83)(H4,63,64,65)/t36-,37-,40-,41+,44?,45+,46+,47+,48+,49+,52+,53?/m1/s1. The van der Waals surface area contributed by atoms with Gasteiger partial charge in [-0.05, 0) is 112 Å². The minimum atomic E-state index is -1.62. The molecule has 26 heteroatoms. The van der Waals surface area contributed by atoms with Crippen molar-refractivity contribution in [3.63, 3.8) is 0 Å². The van der Waals surface area contributed by atoms with Crippen molar-refractivity contribution in [3.8, 4) is 11.5 Å². The summed E-state index contributed by atoms with van der Waals surface area (Å²) in [5.74, 6) is -10.9. The fourth-order valence-corrected chi connectivity index (χ4v) is 11.3. The Bertz CT molecular complexity index is 2740. The van der Waals surface area contributed by atoms with Gasteiger partial charge in [0.15, 0.2) is 23.3 Å². The molecule has 2 aromatic rings. The van der Waals surface area contributed by atoms with Gasteiger partial charge in [0.1, 0.15) is 41.7 Å². The molecule has 488 valence electrons. The Kier molecular flexibility index (Phi) is 29.3. The van der Waals surface area contributed by atoms with Crippen molar-refractivity contribution in [2.24, 2.45) is 52.0 Å². The number of thiol groups is 1. The molecule has 0 radical (unpaired) electrons. The van der Waals surface area contributed by atoms with Gasteiger partial charge in [0.05, 0.1) is 42.7 Å². The molecule has 2 aliphatic heterocycles. The Morgan fingerprint density at radius 1 is 0.625 bits per heavy atom. The van der Waals surface area contributed by atoms with E-state index in [4.69, 9.17) is 11.5 Å². The van der Waals surface area contributed by atoms with E-state index in [2.05, 4.69) is 44.2 Å². The highest BCUT2D eigenvalue weighted by Crippen LogP contribution is 2.29. The molecule has 25 nitrogen and oxygen atoms in total. The number of aromatic hydroxyl groups is 2. The van der Waals surface area contributed by atoms with E-state index in [0.29, 0.717) is 43.2 Å². The smallest absolute Gasteiger partial charge is 0.246 e. The number of rotatable bonds is 35. The number of Topliss-reactive ketones (excluding diaryl/α,β-unsaturated/α-hetero) is 3. The number of nitrogens with one attached hydrogen (secondary N) is 5. The highest BCUT2D eigenvalue weighted by atomic mass is 32.1. The number of phenolic OH excluding ortho intramolecular Hbond substituents is 2. The average Bonchev–Trinajstić information content (AvgIpc) is 3.99. The molecule has 2 fully saturated rings. The summed E-state index contributed by atoms with van der Waals surface area (Å²) in [4.78, 5) is 147. The van der Waals surface area contributed by atoms with Gasteiger partial charge >= 0.3 is 0 Å². The van der Waals surface area contributed by atoms with Crippen LogP contribution >= 0.6 is 12.6 Å². The third-order valence-corrected chi connectivity index (χ3v) is 16.5. The second kappa shape index (κ2) is 35.1. The number of carbonyl (C=O) groups excluding carboxylic acids is 10. The molecule has 7 amide bonds. The monoisotopic (exact) mass is 1250 g/mol. The third-order valence-electron chi connectivity index (χ3n) is 16.0. The number of benzene rings is 2. The van der Waals surface area contributed by atoms with Crippen LogP contribution in [0.3, 0.4) is 0 Å². The molecule has 0 aromatic heterocycles. The molecule has 0 spiro atoms. The molecule has 4 rings (SSSR count). The van der Waals surface area contributed by atoms with Crippen molar-refractivity contribution >= 4 is 77.3 Å². The van der Waals surface area contributed by atoms with Crippen LogP contribution in [0.5, 0.6) is 11.5 Å². The number of nitrogens with two attached hydrogens (primary N) is 2. The molecule has 2 saturated heterocycles. The van der Waals surface area contributed by atoms with Gasteiger partial charge in [-0.15, -0.1) is 0 Å². The molecule has 88 heavy (non-hydrogen) atoms. The number of hydrogen-bond donors (Lipinski definition) is 13. The first kappa shape index (κ1) is 73.3. The Morgan fingerprint density at radius 3 is 1.67 bits per heavy atom. The minimum absolute atomic E-state index is 0.0295. The number of aliphatic hydroxyl groups is 3. The lowest BCUT2D eigenvalue weighted by molar-refractivity contribution is -0.148. The van der Waals surface area contributed by atoms with E-state index in [1.165, 1.54) is 60.0 Å². The maximum atomic E-state index is 14.6. The van der Waals surface area contributed by atoms with Gasteiger partial charge < -0.3 is 73.4 Å². The molecule has 0 saturated carbocycles. The largest absolute Gasteiger partial charge is 0.508 e. The summed E-state index contributed by atoms with van der Waals surface area (Å²) < 4.78 is 0. The fraction of sp³-hybridized carbons (Fsp3) is 0.629. The molecule has 2 unspecified atom stereocenters. The number of carbonyl (C=O) groups is 10. The van der Waals surface area contributed by atoms with Crippen molar-refractivity contribution in [2.75, 3.05) is 32.0 Å². The zero-order valence-electron chi connectivity index (χ0n) is 51.9. The van der Waals surface area contributed by atoms with E-state index in [1.807, 2.05) is 13.8 Å². The van der Waals surface area contributed by atoms with Crippen LogP contribution in [-0.4, -0.2) is 186 Å². The third kappa shape index (κ3) is 21.9. The normalized spacial score (nSPS) is 18.4. The molecule has 0 aliphatic carbocycles. The SMILES string of the molecule is CC(C)C[C@@H](CCCN=C(N)N)C(=O)N[C@@H](Cc1ccc(O)cc1)C(=O)CC(C(=O)N[C@@H](CO)C(=O)C[C@@H](CS)C(=O)N1CCC[C@H]1C(=O)N1CCC[C@H]1C(=O)N[C@@H](Cc1ccc(O)cc1)C(=O)NC(C(=O)N[C@H](C(=O)C(C)C)C(C)C)[C@@H](C)O)[C@@H](C)O. The van der Waals surface area contributed by atoms with Gasteiger partial charge in [-0.3, -0.25) is 52.9 Å². The van der Waals surface area contributed by atoms with Crippen LogP contribution in [0.15, 0.2) is 53.5 Å². The summed E-state index contributed by atoms with van der Waals surface area (Å²) in [7, 11) is 0. The summed E-state index contributed by atoms with van der Waals surface area (Å²) >= 11 is 4.39. The summed E-state index contributed by atoms with van der Waals surface area (Å²) in [5.41, 5.74) is 12.0. The molecule has 14 N–H and O–H groups in total. The highest BCUT2D eigenvalue weighted by molar-refractivity contribution is 7.80. The lowest BCUT2D eigenvalue weighted by atomic mass is 9.89. The van der Waals surface area contributed by atoms with Crippen LogP contribution in [0.25, 0.3) is 0 Å². The maximum Gasteiger partial charge on any atom is 0.246 e. The number of likely N-dealkylation sites (tertiary alicyclic amines) is 2. The lowest BCUT2D eigenvalue weighted by Crippen LogP contribution is -2.61. The number of ketones is 3. The fourth-order valence-electron chi connectivity index (χ4n) is 11.0. The first-order valence-electron chi connectivity index (χ1n) is 30.4. The predicted molar refractivity (Wildman–Crippen MR) is 331 cm³/mol. The topological polar surface area (TPSA) is 403 Å². The number of phenols is 2. The van der Waals surface area contributed by atoms with E-state index in [1.54, 1.807) is 39.8 Å². The Hall–Kier alpha value is -7.16. The minimum Gasteiger partial charge on any atom is -0.508 e. The van der Waals surface area contributed by atoms with Crippen molar-refractivity contribution in [2.45, 2.75) is 181 Å². The zero-order chi connectivity index (χ0) is 65.7. The molecule has 2 aromatic carbocycles. The number of hydrogen-bond acceptors (Lipinski definition) is 17. The van der Waals surface area contributed by atoms with Gasteiger partial charge in [-0.1, -0.05) is 65.8 Å². The average molecular weight is 1250 g/mol. The summed E-state index contributed by atoms with van der Waals surface area (Å²) in [6.07, 6.45) is -1.82. The van der Waals surface area contributed by atoms with E-state index < -0.39 is 151 Å². The lowest BCUT2D eigenvalue weighted by Gasteiger charge is -2.33. The Balaban J connectivity index is 1.48. The van der Waals surface area contributed by atoms with E-state index in [-0.39, 0.29) is 86.1 Å². The zero-order valence-corrected chi connectivity index (χ0v) is 52.7. The van der Waals surface area contributed by atoms with Crippen LogP contribution in [0.1, 0.15) is 124 Å². The molecular formula is C62H94N10O15S. The number of amides is 7. The van der Waals surface area contributed by atoms with E-state index >= 15 is 0 Å². The van der Waals surface area contributed by atoms with Gasteiger partial charge in [0.25, 0.3) is 0 Å². The molecule has 2 aliphatic rings. The highest BCUT2D eigenvalue weighted by Gasteiger charge is 2.45. The second-order valence-electron chi connectivity index (χ2n) is 24.3. The summed E-state index contributed by atoms with van der Waals surface area (Å²) in [6.45, 7) is 12.9. The first-order chi connectivity index (χ1) is 41.5. The van der Waals surface area contributed by atoms with Crippen molar-refractivity contribution < 1.29 is 73.5 Å². The predicted octanol–water partition coefficient (Wildman–Crippen LogP) is 0.721. The number of aliphatic hydroxyl groups excluding tert-OH is 3. The second-order valence-corrected chi connectivity index (χ2v) is 24.7. The molecule has 0 bridgehead atoms. The van der Waals surface area contributed by atoms with Crippen LogP contribution in [-0.2, 0) is 60.8 Å². The van der Waals surface area contributed by atoms with Crippen molar-refractivity contribution in [1.29, 1.82) is 0 Å². The van der Waals surface area contributed by atoms with E-state index in [9.17, 15) is 73.5 Å². The van der Waals surface area contributed by atoms with Crippen molar-refractivity contribution in [3.05, 3.63) is 59.7 Å². The van der Waals surface area contributed by atoms with Gasteiger partial charge in [0.2, 0.25) is 41.4 Å². The summed E-state index contributed by atoms with van der Waals surface area (Å²) in [5, 5.41) is 65.3. The van der Waals surface area contributed by atoms with E-state index in [0.717, 1.165) is 0 Å². The Labute approximate surface area is 520 Å². The van der Waals surface area contributed by atoms with Crippen LogP contribution < -0.4 is 38.1 Å². The van der Waals surface area contributed by atoms with Gasteiger partial charge in [-0.25, -0.2) is 0 Å². The summed E-state index contributed by atoms with van der Waals surface area (Å²) in [6, 6.07) is 2.92. The van der Waals surface area contributed by atoms with Crippen molar-refractivity contribution in [1.82, 2.24) is 36.4 Å². The van der Waals surface area contributed by atoms with Crippen LogP contribution in [0, 0.1) is 35.5 Å². The Morgan fingerprint density at radius 2 is 1.16 bits per heavy atom. The molecular weight excluding hydrogens is 1160 g/mol. The number of guanidine groups is 1. The maximum absolute atomic E-state index is 14.6. The number of nitrogens with zero attached hydrogens (tertiary/aromatic N) is 3.